The zero-order valence-electron chi connectivity index (χ0n) is 94.0. The summed E-state index contributed by atoms with van der Waals surface area (Å²) in [5.74, 6) is -8.99. The van der Waals surface area contributed by atoms with Gasteiger partial charge in [0.05, 0.1) is 53.7 Å². The average Bonchev–Trinajstić information content (AvgIpc) is 1.04. The van der Waals surface area contributed by atoms with E-state index >= 15 is 0 Å². The minimum atomic E-state index is -4.91. The third-order valence-corrected chi connectivity index (χ3v) is 25.9. The first-order valence-corrected chi connectivity index (χ1v) is 42.9. The van der Waals surface area contributed by atoms with Gasteiger partial charge in [0, 0.05) is 77.4 Å². The van der Waals surface area contributed by atoms with Gasteiger partial charge in [-0.15, -0.1) is 45.3 Å². The number of carbonyl (C=O) groups excluding carboxylic acids is 8. The number of carbonyl (C=O) groups is 8. The highest BCUT2D eigenvalue weighted by molar-refractivity contribution is 7.94. The Morgan fingerprint density at radius 3 is 0.850 bits per heavy atom. The number of nitrogens with zero attached hydrogens (tertiary/aromatic N) is 4. The fraction of sp³-hybridized carbons (Fsp3) is 0.250. The summed E-state index contributed by atoms with van der Waals surface area (Å²) in [7, 11) is -18.2. The van der Waals surface area contributed by atoms with E-state index in [-0.39, 0.29) is 89.6 Å². The molecule has 0 aliphatic heterocycles. The van der Waals surface area contributed by atoms with E-state index in [0.717, 1.165) is 72.2 Å². The molecule has 40 heteroatoms. The van der Waals surface area contributed by atoms with Crippen LogP contribution in [0.15, 0.2) is 132 Å². The number of amides is 4. The number of ketones is 4. The summed E-state index contributed by atoms with van der Waals surface area (Å²) >= 11 is 2.86. The van der Waals surface area contributed by atoms with E-state index in [0.29, 0.717) is 45.1 Å². The molecule has 0 spiro atoms. The minimum Gasteiger partial charge on any atom is -0.337 e. The molecule has 0 saturated carbocycles. The number of benzene rings is 4. The maximum absolute atomic E-state index is 13.3. The van der Waals surface area contributed by atoms with E-state index in [4.69, 9.17) is 59.2 Å². The molecule has 4 aromatic carbocycles. The lowest BCUT2D eigenvalue weighted by molar-refractivity contribution is 0.100. The maximum atomic E-state index is 13.3. The molecule has 0 aliphatic carbocycles. The molecule has 0 aliphatic rings. The van der Waals surface area contributed by atoms with Crippen LogP contribution in [-0.2, 0) is 40.1 Å². The fourth-order valence-electron chi connectivity index (χ4n) is 10.3. The number of rotatable bonds is 24. The van der Waals surface area contributed by atoms with Gasteiger partial charge in [-0.1, -0.05) is 44.8 Å². The number of anilines is 8. The summed E-state index contributed by atoms with van der Waals surface area (Å²) < 4.78 is 365. The van der Waals surface area contributed by atoms with Crippen LogP contribution >= 0.6 is 45.3 Å². The molecule has 8 N–H and O–H groups in total. The van der Waals surface area contributed by atoms with E-state index in [1.807, 2.05) is 9.44 Å². The second kappa shape index (κ2) is 37.2. The van der Waals surface area contributed by atoms with Crippen molar-refractivity contribution in [3.05, 3.63) is 225 Å². The van der Waals surface area contributed by atoms with Gasteiger partial charge >= 0.3 is 0 Å². The summed E-state index contributed by atoms with van der Waals surface area (Å²) in [6.45, 7) is -7.50. The monoisotopic (exact) mass is 1820 g/mol. The molecule has 8 heterocycles. The van der Waals surface area contributed by atoms with Crippen LogP contribution in [0.3, 0.4) is 0 Å². The van der Waals surface area contributed by atoms with Crippen molar-refractivity contribution in [2.75, 3.05) is 40.2 Å². The molecule has 12 rings (SSSR count). The molecule has 4 amide bonds. The van der Waals surface area contributed by atoms with Gasteiger partial charge in [0.15, 0.2) is 23.1 Å². The molecule has 8 aromatic heterocycles. The number of nitrogens with one attached hydrogen (secondary N) is 8. The molecular weight excluding hydrogens is 1710 g/mol. The lowest BCUT2D eigenvalue weighted by atomic mass is 10.0. The minimum absolute atomic E-state index is 0.0185. The largest absolute Gasteiger partial charge is 0.337 e. The van der Waals surface area contributed by atoms with Gasteiger partial charge in [-0.3, -0.25) is 38.4 Å². The van der Waals surface area contributed by atoms with Crippen LogP contribution in [0.1, 0.15) is 238 Å². The van der Waals surface area contributed by atoms with E-state index in [2.05, 4.69) is 46.6 Å². The van der Waals surface area contributed by atoms with E-state index < -0.39 is 263 Å². The highest BCUT2D eigenvalue weighted by Gasteiger charge is 2.33. The molecule has 120 heavy (non-hydrogen) atoms. The Bertz CT molecular complexity index is 7950. The number of hydrogen-bond acceptors (Lipinski definition) is 28. The third kappa shape index (κ3) is 21.0. The molecule has 0 unspecified atom stereocenters. The summed E-state index contributed by atoms with van der Waals surface area (Å²) in [6.07, 6.45) is 0. The van der Waals surface area contributed by atoms with Crippen molar-refractivity contribution in [2.45, 2.75) is 157 Å². The van der Waals surface area contributed by atoms with Crippen LogP contribution in [-0.4, -0.2) is 101 Å². The Balaban J connectivity index is 0.000000223. The topological polar surface area (TPSA) is 473 Å². The average molecular weight is 1820 g/mol. The van der Waals surface area contributed by atoms with Crippen LogP contribution in [0.5, 0.6) is 0 Å². The van der Waals surface area contributed by atoms with Gasteiger partial charge in [-0.2, -0.15) is 0 Å². The quantitative estimate of drug-likeness (QED) is 0.0260. The predicted octanol–water partition coefficient (Wildman–Crippen LogP) is 16.9. The normalized spacial score (nSPS) is 15.9. The highest BCUT2D eigenvalue weighted by Crippen LogP contribution is 2.36. The smallest absolute Gasteiger partial charge is 0.267 e. The first kappa shape index (κ1) is 58.1. The van der Waals surface area contributed by atoms with Crippen LogP contribution in [0, 0.1) is 110 Å². The van der Waals surface area contributed by atoms with Gasteiger partial charge in [-0.05, 0) is 252 Å². The maximum Gasteiger partial charge on any atom is 0.267 e. The van der Waals surface area contributed by atoms with E-state index in [1.165, 1.54) is 63.7 Å². The van der Waals surface area contributed by atoms with Gasteiger partial charge in [0.1, 0.15) is 39.1 Å². The van der Waals surface area contributed by atoms with Gasteiger partial charge in [0.25, 0.3) is 63.7 Å². The van der Waals surface area contributed by atoms with Crippen molar-refractivity contribution in [2.24, 2.45) is 0 Å². The number of aromatic nitrogens is 4. The van der Waals surface area contributed by atoms with Crippen LogP contribution in [0.4, 0.5) is 46.3 Å². The Hall–Kier alpha value is -11.9. The first-order valence-electron chi connectivity index (χ1n) is 48.4. The Labute approximate surface area is 750 Å². The molecule has 0 atom stereocenters. The standard InChI is InChI=1S/4C20H21N3O5S2/c4*1-10-8-11(2)17(15(9-10)14(5)24)21-19(25)18-16(6-7-29-18)30(26,27)23-20-12(3)13(4)22-28-20/h4*6-9,23H,1-5H3,(H,21,25)/i1D3,2D3,3D3,4D3,8D;1D3,2D3,4D3,8D;3D3,8D,9D;8D,9D. The Kier molecular flexibility index (Phi) is 18.0. The Morgan fingerprint density at radius 1 is 0.325 bits per heavy atom. The molecule has 0 bridgehead atoms. The molecule has 0 radical (unpaired) electrons. The van der Waals surface area contributed by atoms with Crippen molar-refractivity contribution >= 4 is 178 Å². The van der Waals surface area contributed by atoms with Crippen molar-refractivity contribution < 1.29 is 131 Å². The number of aryl methyl sites for hydroxylation is 6. The summed E-state index contributed by atoms with van der Waals surface area (Å²) in [5.41, 5.74) is -6.89. The van der Waals surface area contributed by atoms with Crippen molar-refractivity contribution in [1.82, 2.24) is 20.6 Å². The summed E-state index contributed by atoms with van der Waals surface area (Å²) in [5, 5.41) is 28.3. The number of thiophene rings is 4. The second-order valence-corrected chi connectivity index (χ2v) is 35.3. The molecule has 0 fully saturated rings. The molecule has 632 valence electrons. The molecular formula is C80H84N12O20S8. The van der Waals surface area contributed by atoms with Gasteiger partial charge < -0.3 is 39.4 Å². The molecule has 12 aromatic rings. The second-order valence-electron chi connectivity index (χ2n) is 25.0. The predicted molar refractivity (Wildman–Crippen MR) is 460 cm³/mol. The van der Waals surface area contributed by atoms with Crippen molar-refractivity contribution in [1.29, 1.82) is 0 Å². The zero-order valence-corrected chi connectivity index (χ0v) is 70.5. The molecule has 32 nitrogen and oxygen atoms in total. The third-order valence-electron chi connectivity index (χ3n) is 16.2. The lowest BCUT2D eigenvalue weighted by Crippen LogP contribution is -2.20. The van der Waals surface area contributed by atoms with Crippen LogP contribution < -0.4 is 40.2 Å². The summed E-state index contributed by atoms with van der Waals surface area (Å²) in [6, 6.07) is 3.64. The first-order chi connectivity index (χ1) is 68.3. The lowest BCUT2D eigenvalue weighted by Gasteiger charge is -2.14. The number of Topliss-reactive ketones (excluding diaryl/α,β-unsaturated/α-hetero) is 4. The number of hydrogen-bond donors (Lipinski definition) is 8. The highest BCUT2D eigenvalue weighted by atomic mass is 32.2. The van der Waals surface area contributed by atoms with Gasteiger partial charge in [-0.25, -0.2) is 52.6 Å². The Morgan fingerprint density at radius 2 is 0.583 bits per heavy atom. The summed E-state index contributed by atoms with van der Waals surface area (Å²) in [4.78, 5) is 98.4. The van der Waals surface area contributed by atoms with Crippen molar-refractivity contribution in [3.63, 3.8) is 0 Å². The van der Waals surface area contributed by atoms with Crippen molar-refractivity contribution in [3.8, 4) is 0 Å². The van der Waals surface area contributed by atoms with E-state index in [1.54, 1.807) is 32.4 Å². The van der Waals surface area contributed by atoms with Crippen LogP contribution in [0.2, 0.25) is 0 Å². The van der Waals surface area contributed by atoms with Gasteiger partial charge in [0.2, 0.25) is 23.5 Å². The molecule has 0 saturated heterocycles. The fourth-order valence-corrected chi connectivity index (χ4v) is 19.7. The van der Waals surface area contributed by atoms with Crippen LogP contribution in [0.25, 0.3) is 0 Å². The zero-order chi connectivity index (χ0) is 114. The SMILES string of the molecule is [2H]c1c(C([2H])([2H])[2H])cc(C(C)=O)c(NC(=O)c2sccc2S(=O)(=O)Nc2onc(C([2H])([2H])[2H])c2C([2H])([2H])[2H])c1C([2H])([2H])[2H].[2H]c1c(C([2H])([2H])[2H])cc(C(C)=O)c(NC(=O)c2sccc2S(=O)(=O)Nc2onc(C([2H])([2H])[2H])c2C)c1C([2H])([2H])[2H].[2H]c1c(C)c([2H])c(C(C)=O)c(NC(=O)c2sccc2S(=O)(=O)Nc2onc(C)c2C([2H])([2H])[2H])c1C.[2H]c1c(C)c([2H])c(C(C)=O)c(NC(=O)c2sccc2S(=O)(=O)Nc2onc(C)c2C)c1C. The van der Waals surface area contributed by atoms with E-state index in [9.17, 15) is 72.0 Å². The number of sulfonamides is 4.